The second-order valence-corrected chi connectivity index (χ2v) is 4.13. The smallest absolute Gasteiger partial charge is 0.199 e. The molecule has 2 aromatic rings. The number of hydrogen-bond acceptors (Lipinski definition) is 4. The average molecular weight is 208 g/mol. The third kappa shape index (κ3) is 1.58. The number of nitrogens with zero attached hydrogens (tertiary/aromatic N) is 2. The highest BCUT2D eigenvalue weighted by molar-refractivity contribution is 7.85. The van der Waals surface area contributed by atoms with Gasteiger partial charge in [0.15, 0.2) is 5.03 Å². The molecule has 0 unspecified atom stereocenters. The van der Waals surface area contributed by atoms with Crippen LogP contribution in [0, 0.1) is 6.92 Å². The molecule has 2 rings (SSSR count). The Balaban J connectivity index is 2.39. The minimum Gasteiger partial charge on any atom is -0.247 e. The molecule has 14 heavy (non-hydrogen) atoms. The van der Waals surface area contributed by atoms with Gasteiger partial charge < -0.3 is 0 Å². The Morgan fingerprint density at radius 1 is 1.21 bits per heavy atom. The van der Waals surface area contributed by atoms with E-state index >= 15 is 0 Å². The lowest BCUT2D eigenvalue weighted by Gasteiger charge is -1.96. The maximum absolute atomic E-state index is 11.9. The molecule has 72 valence electrons. The third-order valence-corrected chi connectivity index (χ3v) is 3.17. The molecular formula is C9H8N2O2S. The SMILES string of the molecule is Cc1nonc1[S@@](=O)c1ccccc1. The van der Waals surface area contributed by atoms with Crippen LogP contribution in [0.4, 0.5) is 0 Å². The summed E-state index contributed by atoms with van der Waals surface area (Å²) in [5.41, 5.74) is 0.562. The van der Waals surface area contributed by atoms with Crippen molar-refractivity contribution in [1.82, 2.24) is 10.3 Å². The first-order valence-corrected chi connectivity index (χ1v) is 5.20. The van der Waals surface area contributed by atoms with Crippen molar-refractivity contribution >= 4 is 10.8 Å². The van der Waals surface area contributed by atoms with E-state index in [1.54, 1.807) is 19.1 Å². The molecule has 1 aromatic heterocycles. The highest BCUT2D eigenvalue weighted by atomic mass is 32.2. The van der Waals surface area contributed by atoms with Crippen LogP contribution in [0.5, 0.6) is 0 Å². The van der Waals surface area contributed by atoms with E-state index in [1.807, 2.05) is 18.2 Å². The second kappa shape index (κ2) is 3.71. The summed E-state index contributed by atoms with van der Waals surface area (Å²) in [6.45, 7) is 1.71. The van der Waals surface area contributed by atoms with E-state index in [0.717, 1.165) is 0 Å². The van der Waals surface area contributed by atoms with Gasteiger partial charge in [-0.15, -0.1) is 0 Å². The van der Waals surface area contributed by atoms with E-state index in [4.69, 9.17) is 0 Å². The first-order valence-electron chi connectivity index (χ1n) is 4.05. The first kappa shape index (κ1) is 9.08. The summed E-state index contributed by atoms with van der Waals surface area (Å²) in [6, 6.07) is 9.09. The standard InChI is InChI=1S/C9H8N2O2S/c1-7-9(11-13-10-7)14(12)8-5-3-2-4-6-8/h2-6H,1H3/t14-/m0/s1. The van der Waals surface area contributed by atoms with Gasteiger partial charge in [0, 0.05) is 4.90 Å². The molecule has 4 nitrogen and oxygen atoms in total. The molecule has 0 bridgehead atoms. The van der Waals surface area contributed by atoms with Gasteiger partial charge in [0.1, 0.15) is 16.5 Å². The zero-order chi connectivity index (χ0) is 9.97. The lowest BCUT2D eigenvalue weighted by Crippen LogP contribution is -1.94. The van der Waals surface area contributed by atoms with Gasteiger partial charge in [0.05, 0.1) is 0 Å². The summed E-state index contributed by atoms with van der Waals surface area (Å²) in [5.74, 6) is 0. The molecule has 0 amide bonds. The van der Waals surface area contributed by atoms with Gasteiger partial charge >= 0.3 is 0 Å². The lowest BCUT2D eigenvalue weighted by molar-refractivity contribution is 0.296. The minimum atomic E-state index is -1.29. The van der Waals surface area contributed by atoms with Crippen molar-refractivity contribution in [3.63, 3.8) is 0 Å². The Kier molecular flexibility index (Phi) is 2.41. The predicted molar refractivity (Wildman–Crippen MR) is 50.2 cm³/mol. The Labute approximate surface area is 83.4 Å². The van der Waals surface area contributed by atoms with Crippen LogP contribution in [0.25, 0.3) is 0 Å². The number of rotatable bonds is 2. The fourth-order valence-corrected chi connectivity index (χ4v) is 2.08. The Bertz CT molecular complexity index is 453. The van der Waals surface area contributed by atoms with Gasteiger partial charge in [-0.25, -0.2) is 8.84 Å². The number of benzene rings is 1. The molecule has 0 aliphatic rings. The summed E-state index contributed by atoms with van der Waals surface area (Å²) in [6.07, 6.45) is 0. The fourth-order valence-electron chi connectivity index (χ4n) is 1.05. The van der Waals surface area contributed by atoms with Gasteiger partial charge in [0.25, 0.3) is 0 Å². The van der Waals surface area contributed by atoms with Crippen molar-refractivity contribution in [2.75, 3.05) is 0 Å². The molecule has 0 aliphatic carbocycles. The molecule has 1 aromatic carbocycles. The second-order valence-electron chi connectivity index (χ2n) is 2.74. The topological polar surface area (TPSA) is 56.0 Å². The third-order valence-electron chi connectivity index (χ3n) is 1.74. The first-order chi connectivity index (χ1) is 6.79. The summed E-state index contributed by atoms with van der Waals surface area (Å²) < 4.78 is 16.4. The zero-order valence-corrected chi connectivity index (χ0v) is 8.32. The number of hydrogen-bond donors (Lipinski definition) is 0. The monoisotopic (exact) mass is 208 g/mol. The Hall–Kier alpha value is -1.49. The highest BCUT2D eigenvalue weighted by Crippen LogP contribution is 2.15. The molecule has 1 heterocycles. The number of aryl methyl sites for hydroxylation is 1. The van der Waals surface area contributed by atoms with Crippen molar-refractivity contribution in [2.24, 2.45) is 0 Å². The lowest BCUT2D eigenvalue weighted by atomic mass is 10.4. The summed E-state index contributed by atoms with van der Waals surface area (Å²) in [4.78, 5) is 0.700. The van der Waals surface area contributed by atoms with E-state index in [0.29, 0.717) is 15.6 Å². The van der Waals surface area contributed by atoms with E-state index in [1.165, 1.54) is 0 Å². The van der Waals surface area contributed by atoms with Gasteiger partial charge in [-0.1, -0.05) is 23.4 Å². The molecule has 1 atom stereocenters. The van der Waals surface area contributed by atoms with Crippen LogP contribution in [0.2, 0.25) is 0 Å². The van der Waals surface area contributed by atoms with Crippen LogP contribution in [0.1, 0.15) is 5.69 Å². The van der Waals surface area contributed by atoms with Crippen LogP contribution in [0.15, 0.2) is 44.9 Å². The van der Waals surface area contributed by atoms with Crippen molar-refractivity contribution in [1.29, 1.82) is 0 Å². The fraction of sp³-hybridized carbons (Fsp3) is 0.111. The summed E-state index contributed by atoms with van der Waals surface area (Å²) >= 11 is 0. The average Bonchev–Trinajstić information content (AvgIpc) is 2.65. The van der Waals surface area contributed by atoms with Gasteiger partial charge in [-0.3, -0.25) is 0 Å². The van der Waals surface area contributed by atoms with Gasteiger partial charge in [-0.2, -0.15) is 0 Å². The van der Waals surface area contributed by atoms with Crippen LogP contribution in [-0.2, 0) is 10.8 Å². The highest BCUT2D eigenvalue weighted by Gasteiger charge is 2.14. The summed E-state index contributed by atoms with van der Waals surface area (Å²) in [7, 11) is -1.29. The molecule has 0 saturated heterocycles. The van der Waals surface area contributed by atoms with Gasteiger partial charge in [0.2, 0.25) is 0 Å². The molecule has 0 aliphatic heterocycles. The van der Waals surface area contributed by atoms with Crippen LogP contribution >= 0.6 is 0 Å². The summed E-state index contributed by atoms with van der Waals surface area (Å²) in [5, 5.41) is 7.58. The molecule has 0 N–H and O–H groups in total. The van der Waals surface area contributed by atoms with E-state index in [2.05, 4.69) is 14.9 Å². The number of aromatic nitrogens is 2. The molecule has 0 radical (unpaired) electrons. The minimum absolute atomic E-state index is 0.385. The maximum Gasteiger partial charge on any atom is 0.199 e. The zero-order valence-electron chi connectivity index (χ0n) is 7.51. The normalized spacial score (nSPS) is 12.6. The predicted octanol–water partition coefficient (Wildman–Crippen LogP) is 1.54. The van der Waals surface area contributed by atoms with Crippen molar-refractivity contribution in [2.45, 2.75) is 16.8 Å². The Morgan fingerprint density at radius 3 is 2.50 bits per heavy atom. The molecule has 0 spiro atoms. The molecular weight excluding hydrogens is 200 g/mol. The molecule has 0 saturated carbocycles. The van der Waals surface area contributed by atoms with Gasteiger partial charge in [-0.05, 0) is 24.2 Å². The van der Waals surface area contributed by atoms with Crippen molar-refractivity contribution in [3.8, 4) is 0 Å². The van der Waals surface area contributed by atoms with Crippen LogP contribution < -0.4 is 0 Å². The largest absolute Gasteiger partial charge is 0.247 e. The van der Waals surface area contributed by atoms with Crippen molar-refractivity contribution in [3.05, 3.63) is 36.0 Å². The molecule has 0 fully saturated rings. The van der Waals surface area contributed by atoms with Crippen LogP contribution in [-0.4, -0.2) is 14.5 Å². The molecule has 5 heteroatoms. The van der Waals surface area contributed by atoms with Crippen LogP contribution in [0.3, 0.4) is 0 Å². The Morgan fingerprint density at radius 2 is 1.93 bits per heavy atom. The van der Waals surface area contributed by atoms with Crippen molar-refractivity contribution < 1.29 is 8.84 Å². The van der Waals surface area contributed by atoms with E-state index < -0.39 is 10.8 Å². The maximum atomic E-state index is 11.9. The van der Waals surface area contributed by atoms with E-state index in [-0.39, 0.29) is 0 Å². The van der Waals surface area contributed by atoms with E-state index in [9.17, 15) is 4.21 Å². The quantitative estimate of drug-likeness (QED) is 0.751.